The maximum atomic E-state index is 13.9. The summed E-state index contributed by atoms with van der Waals surface area (Å²) in [5, 5.41) is 3.62. The summed E-state index contributed by atoms with van der Waals surface area (Å²) < 4.78 is 25.3. The summed E-state index contributed by atoms with van der Waals surface area (Å²) in [6, 6.07) is 9.75. The highest BCUT2D eigenvalue weighted by Crippen LogP contribution is 2.38. The van der Waals surface area contributed by atoms with Gasteiger partial charge in [0.05, 0.1) is 11.6 Å². The average Bonchev–Trinajstić information content (AvgIpc) is 2.96. The van der Waals surface area contributed by atoms with Crippen LogP contribution in [0.4, 0.5) is 4.39 Å². The molecule has 30 heavy (non-hydrogen) atoms. The van der Waals surface area contributed by atoms with Crippen molar-refractivity contribution in [2.75, 3.05) is 13.2 Å². The topological polar surface area (TPSA) is 50.8 Å². The first kappa shape index (κ1) is 22.1. The first-order chi connectivity index (χ1) is 14.4. The standard InChI is InChI=1S/C22H22ClFN2O3S/c1-3-9-26-21(27)18(25-22(26)30)11-14-10-16(23)20(19(12-14)28-4-2)29-13-15-7-5-6-8-17(15)24/h5-8,10-12H,3-4,9,13H2,1-2H3,(H,25,30). The molecule has 8 heteroatoms. The van der Waals surface area contributed by atoms with E-state index in [2.05, 4.69) is 5.32 Å². The zero-order chi connectivity index (χ0) is 21.7. The van der Waals surface area contributed by atoms with Crippen LogP contribution in [0.25, 0.3) is 6.08 Å². The van der Waals surface area contributed by atoms with E-state index in [4.69, 9.17) is 33.3 Å². The van der Waals surface area contributed by atoms with E-state index in [1.807, 2.05) is 13.8 Å². The highest BCUT2D eigenvalue weighted by molar-refractivity contribution is 7.80. The number of ether oxygens (including phenoxy) is 2. The zero-order valence-electron chi connectivity index (χ0n) is 16.7. The minimum absolute atomic E-state index is 0.00714. The maximum absolute atomic E-state index is 13.9. The van der Waals surface area contributed by atoms with Gasteiger partial charge >= 0.3 is 0 Å². The molecule has 5 nitrogen and oxygen atoms in total. The molecule has 0 atom stereocenters. The second-order valence-electron chi connectivity index (χ2n) is 6.59. The molecule has 0 radical (unpaired) electrons. The monoisotopic (exact) mass is 448 g/mol. The predicted molar refractivity (Wildman–Crippen MR) is 119 cm³/mol. The van der Waals surface area contributed by atoms with Crippen molar-refractivity contribution in [2.24, 2.45) is 0 Å². The molecule has 2 aromatic rings. The van der Waals surface area contributed by atoms with Crippen LogP contribution in [-0.4, -0.2) is 29.1 Å². The maximum Gasteiger partial charge on any atom is 0.276 e. The van der Waals surface area contributed by atoms with E-state index in [0.717, 1.165) is 6.42 Å². The summed E-state index contributed by atoms with van der Waals surface area (Å²) in [4.78, 5) is 14.1. The molecule has 0 spiro atoms. The molecule has 1 amide bonds. The third-order valence-corrected chi connectivity index (χ3v) is 4.99. The van der Waals surface area contributed by atoms with Crippen LogP contribution in [0.1, 0.15) is 31.4 Å². The van der Waals surface area contributed by atoms with Crippen molar-refractivity contribution >= 4 is 40.9 Å². The summed E-state index contributed by atoms with van der Waals surface area (Å²) in [6.45, 7) is 4.76. The van der Waals surface area contributed by atoms with Gasteiger partial charge in [-0.05, 0) is 55.4 Å². The van der Waals surface area contributed by atoms with Gasteiger partial charge in [0.15, 0.2) is 16.6 Å². The number of carbonyl (C=O) groups excluding carboxylic acids is 1. The smallest absolute Gasteiger partial charge is 0.276 e. The fourth-order valence-corrected chi connectivity index (χ4v) is 3.56. The second kappa shape index (κ2) is 9.91. The van der Waals surface area contributed by atoms with Gasteiger partial charge in [0, 0.05) is 12.1 Å². The lowest BCUT2D eigenvalue weighted by molar-refractivity contribution is -0.122. The highest BCUT2D eigenvalue weighted by Gasteiger charge is 2.29. The number of nitrogens with one attached hydrogen (secondary N) is 1. The first-order valence-electron chi connectivity index (χ1n) is 9.61. The van der Waals surface area contributed by atoms with E-state index in [-0.39, 0.29) is 18.3 Å². The number of thiocarbonyl (C=S) groups is 1. The Morgan fingerprint density at radius 2 is 2.00 bits per heavy atom. The lowest BCUT2D eigenvalue weighted by Gasteiger charge is -2.15. The van der Waals surface area contributed by atoms with Gasteiger partial charge in [-0.3, -0.25) is 9.69 Å². The van der Waals surface area contributed by atoms with Gasteiger partial charge in [0.1, 0.15) is 18.1 Å². The number of benzene rings is 2. The molecule has 0 aliphatic carbocycles. The van der Waals surface area contributed by atoms with Crippen LogP contribution in [0.2, 0.25) is 5.02 Å². The Hall–Kier alpha value is -2.64. The van der Waals surface area contributed by atoms with E-state index >= 15 is 0 Å². The van der Waals surface area contributed by atoms with Crippen molar-refractivity contribution in [1.82, 2.24) is 10.2 Å². The van der Waals surface area contributed by atoms with Crippen LogP contribution in [0.3, 0.4) is 0 Å². The van der Waals surface area contributed by atoms with E-state index in [1.54, 1.807) is 36.4 Å². The molecular formula is C22H22ClFN2O3S. The average molecular weight is 449 g/mol. The predicted octanol–water partition coefficient (Wildman–Crippen LogP) is 4.92. The van der Waals surface area contributed by atoms with Crippen LogP contribution in [-0.2, 0) is 11.4 Å². The van der Waals surface area contributed by atoms with Crippen molar-refractivity contribution in [2.45, 2.75) is 26.9 Å². The minimum atomic E-state index is -0.355. The molecule has 0 aromatic heterocycles. The molecule has 1 saturated heterocycles. The molecule has 1 N–H and O–H groups in total. The minimum Gasteiger partial charge on any atom is -0.490 e. The summed E-state index contributed by atoms with van der Waals surface area (Å²) in [5.74, 6) is 0.187. The molecule has 1 aliphatic heterocycles. The molecule has 0 unspecified atom stereocenters. The summed E-state index contributed by atoms with van der Waals surface area (Å²) in [5.41, 5.74) is 1.43. The van der Waals surface area contributed by atoms with Gasteiger partial charge in [-0.2, -0.15) is 0 Å². The van der Waals surface area contributed by atoms with Crippen molar-refractivity contribution in [3.05, 3.63) is 64.1 Å². The fourth-order valence-electron chi connectivity index (χ4n) is 3.00. The molecular weight excluding hydrogens is 427 g/mol. The highest BCUT2D eigenvalue weighted by atomic mass is 35.5. The van der Waals surface area contributed by atoms with E-state index in [0.29, 0.717) is 51.6 Å². The van der Waals surface area contributed by atoms with Crippen molar-refractivity contribution in [1.29, 1.82) is 0 Å². The molecule has 0 bridgehead atoms. The van der Waals surface area contributed by atoms with Gasteiger partial charge in [-0.1, -0.05) is 36.7 Å². The lowest BCUT2D eigenvalue weighted by atomic mass is 10.1. The molecule has 1 fully saturated rings. The summed E-state index contributed by atoms with van der Waals surface area (Å²) in [6.07, 6.45) is 2.47. The number of halogens is 2. The Labute approximate surface area is 185 Å². The van der Waals surface area contributed by atoms with Crippen molar-refractivity contribution in [3.63, 3.8) is 0 Å². The van der Waals surface area contributed by atoms with E-state index in [9.17, 15) is 9.18 Å². The molecule has 0 saturated carbocycles. The first-order valence-corrected chi connectivity index (χ1v) is 10.4. The summed E-state index contributed by atoms with van der Waals surface area (Å²) in [7, 11) is 0. The second-order valence-corrected chi connectivity index (χ2v) is 7.38. The molecule has 1 heterocycles. The van der Waals surface area contributed by atoms with E-state index < -0.39 is 0 Å². The van der Waals surface area contributed by atoms with Crippen molar-refractivity contribution in [3.8, 4) is 11.5 Å². The van der Waals surface area contributed by atoms with Gasteiger partial charge in [0.25, 0.3) is 5.91 Å². The Morgan fingerprint density at radius 3 is 2.70 bits per heavy atom. The largest absolute Gasteiger partial charge is 0.490 e. The van der Waals surface area contributed by atoms with Gasteiger partial charge in [0.2, 0.25) is 0 Å². The molecule has 2 aromatic carbocycles. The van der Waals surface area contributed by atoms with Crippen LogP contribution in [0.5, 0.6) is 11.5 Å². The third-order valence-electron chi connectivity index (χ3n) is 4.38. The van der Waals surface area contributed by atoms with Crippen LogP contribution in [0.15, 0.2) is 42.1 Å². The number of amides is 1. The van der Waals surface area contributed by atoms with Crippen LogP contribution < -0.4 is 14.8 Å². The fraction of sp³-hybridized carbons (Fsp3) is 0.273. The van der Waals surface area contributed by atoms with Crippen LogP contribution >= 0.6 is 23.8 Å². The number of carbonyl (C=O) groups is 1. The quantitative estimate of drug-likeness (QED) is 0.458. The molecule has 3 rings (SSSR count). The van der Waals surface area contributed by atoms with Gasteiger partial charge in [-0.15, -0.1) is 0 Å². The Balaban J connectivity index is 1.87. The van der Waals surface area contributed by atoms with Gasteiger partial charge in [-0.25, -0.2) is 4.39 Å². The number of nitrogens with zero attached hydrogens (tertiary/aromatic N) is 1. The normalized spacial score (nSPS) is 14.9. The van der Waals surface area contributed by atoms with Gasteiger partial charge < -0.3 is 14.8 Å². The summed E-state index contributed by atoms with van der Waals surface area (Å²) >= 11 is 11.7. The Bertz CT molecular complexity index is 996. The zero-order valence-corrected chi connectivity index (χ0v) is 18.3. The molecule has 1 aliphatic rings. The lowest BCUT2D eigenvalue weighted by Crippen LogP contribution is -2.31. The SMILES string of the molecule is CCCN1C(=O)C(=Cc2cc(Cl)c(OCc3ccccc3F)c(OCC)c2)NC1=S. The van der Waals surface area contributed by atoms with E-state index in [1.165, 1.54) is 11.0 Å². The number of rotatable bonds is 8. The number of hydrogen-bond donors (Lipinski definition) is 1. The third kappa shape index (κ3) is 4.91. The molecule has 158 valence electrons. The van der Waals surface area contributed by atoms with Crippen LogP contribution in [0, 0.1) is 5.82 Å². The number of hydrogen-bond acceptors (Lipinski definition) is 4. The Kier molecular flexibility index (Phi) is 7.29. The van der Waals surface area contributed by atoms with Crippen molar-refractivity contribution < 1.29 is 18.7 Å². The Morgan fingerprint density at radius 1 is 1.23 bits per heavy atom.